The van der Waals surface area contributed by atoms with Crippen LogP contribution in [0.1, 0.15) is 77.6 Å². The maximum atomic E-state index is 12.3. The molecular weight excluding hydrogens is 507 g/mol. The van der Waals surface area contributed by atoms with Gasteiger partial charge in [-0.25, -0.2) is 19.7 Å². The van der Waals surface area contributed by atoms with Crippen molar-refractivity contribution < 1.29 is 23.9 Å². The molecule has 2 heterocycles. The van der Waals surface area contributed by atoms with E-state index in [2.05, 4.69) is 56.8 Å². The van der Waals surface area contributed by atoms with Gasteiger partial charge in [0.25, 0.3) is 0 Å². The molecule has 0 atom stereocenters. The number of imidazole rings is 1. The van der Waals surface area contributed by atoms with Crippen LogP contribution in [0.4, 0.5) is 10.6 Å². The molecule has 0 bridgehead atoms. The van der Waals surface area contributed by atoms with E-state index in [9.17, 15) is 9.36 Å². The van der Waals surface area contributed by atoms with Crippen LogP contribution in [0.3, 0.4) is 0 Å². The third-order valence-corrected chi connectivity index (χ3v) is 6.30. The number of amides is 2. The van der Waals surface area contributed by atoms with Gasteiger partial charge >= 0.3 is 13.6 Å². The molecule has 0 spiro atoms. The fraction of sp³-hybridized carbons (Fsp3) is 0.615. The zero-order chi connectivity index (χ0) is 27.5. The van der Waals surface area contributed by atoms with E-state index in [1.54, 1.807) is 4.57 Å². The Kier molecular flexibility index (Phi) is 15.5. The highest BCUT2D eigenvalue weighted by Crippen LogP contribution is 2.33. The summed E-state index contributed by atoms with van der Waals surface area (Å²) in [7, 11) is -4.20. The van der Waals surface area contributed by atoms with Crippen LogP contribution in [-0.2, 0) is 15.8 Å². The average molecular weight is 551 g/mol. The number of anilines is 1. The van der Waals surface area contributed by atoms with E-state index < -0.39 is 13.9 Å². The van der Waals surface area contributed by atoms with Crippen molar-refractivity contribution in [3.8, 4) is 0 Å². The molecule has 0 radical (unpaired) electrons. The van der Waals surface area contributed by atoms with Crippen LogP contribution in [0.5, 0.6) is 0 Å². The van der Waals surface area contributed by atoms with Gasteiger partial charge in [-0.1, -0.05) is 63.3 Å². The number of urea groups is 1. The molecule has 4 N–H and O–H groups in total. The molecule has 0 unspecified atom stereocenters. The number of hydrogen-bond donors (Lipinski definition) is 4. The van der Waals surface area contributed by atoms with Crippen molar-refractivity contribution in [1.82, 2.24) is 24.8 Å². The maximum Gasteiger partial charge on any atom is 0.350 e. The molecule has 0 aromatic carbocycles. The minimum absolute atomic E-state index is 0.0807. The molecule has 0 fully saturated rings. The Labute approximate surface area is 225 Å². The summed E-state index contributed by atoms with van der Waals surface area (Å²) in [5, 5.41) is 5.56. The number of allylic oxidation sites excluding steroid dienone is 4. The van der Waals surface area contributed by atoms with E-state index >= 15 is 0 Å². The summed E-state index contributed by atoms with van der Waals surface area (Å²) in [6, 6.07) is -0.353. The third-order valence-electron chi connectivity index (χ3n) is 5.78. The second-order valence-electron chi connectivity index (χ2n) is 9.15. The molecule has 12 heteroatoms. The normalized spacial score (nSPS) is 12.2. The molecule has 11 nitrogen and oxygen atoms in total. The molecule has 2 rings (SSSR count). The maximum absolute atomic E-state index is 12.3. The van der Waals surface area contributed by atoms with Gasteiger partial charge in [-0.3, -0.25) is 9.88 Å². The van der Waals surface area contributed by atoms with Crippen LogP contribution in [-0.4, -0.2) is 54.8 Å². The largest absolute Gasteiger partial charge is 0.367 e. The van der Waals surface area contributed by atoms with E-state index in [1.807, 2.05) is 0 Å². The molecule has 0 saturated carbocycles. The standard InChI is InChI=1S/C26H43N6O5P/c1-2-3-4-5-6-7-8-9-10-11-12-13-14-15-16-17-27-26(33)31-24-23-25(29-20-28-24)32(21-30-23)18-19-37-22-38(34,35)36/h6-7,9-10,20-21H,2-5,8,11-19,22H2,1H3,(H2,34,35,36)(H2,27,28,29,31,33)/b7-6-,10-9-. The van der Waals surface area contributed by atoms with Crippen molar-refractivity contribution in [3.63, 3.8) is 0 Å². The van der Waals surface area contributed by atoms with Gasteiger partial charge in [0, 0.05) is 13.1 Å². The van der Waals surface area contributed by atoms with E-state index in [-0.39, 0.29) is 12.6 Å². The molecule has 0 aliphatic rings. The number of carbonyl (C=O) groups excluding carboxylic acids is 1. The van der Waals surface area contributed by atoms with Crippen molar-refractivity contribution in [1.29, 1.82) is 0 Å². The highest BCUT2D eigenvalue weighted by atomic mass is 31.2. The number of aromatic nitrogens is 4. The van der Waals surface area contributed by atoms with E-state index in [0.717, 1.165) is 32.1 Å². The lowest BCUT2D eigenvalue weighted by Gasteiger charge is -2.08. The highest BCUT2D eigenvalue weighted by Gasteiger charge is 2.14. The smallest absolute Gasteiger partial charge is 0.350 e. The quantitative estimate of drug-likeness (QED) is 0.0955. The molecule has 2 aromatic heterocycles. The summed E-state index contributed by atoms with van der Waals surface area (Å²) in [6.45, 7) is 3.19. The Bertz CT molecular complexity index is 1050. The summed E-state index contributed by atoms with van der Waals surface area (Å²) in [5.41, 5.74) is 0.915. The molecule has 2 amide bonds. The summed E-state index contributed by atoms with van der Waals surface area (Å²) >= 11 is 0. The average Bonchev–Trinajstić information content (AvgIpc) is 3.30. The monoisotopic (exact) mass is 550 g/mol. The number of ether oxygens (including phenoxy) is 1. The first-order chi connectivity index (χ1) is 18.4. The van der Waals surface area contributed by atoms with Crippen LogP contribution < -0.4 is 10.6 Å². The molecule has 0 saturated heterocycles. The van der Waals surface area contributed by atoms with Crippen LogP contribution in [0.2, 0.25) is 0 Å². The van der Waals surface area contributed by atoms with Gasteiger partial charge in [-0.05, 0) is 38.5 Å². The van der Waals surface area contributed by atoms with Crippen LogP contribution in [0.15, 0.2) is 37.0 Å². The van der Waals surface area contributed by atoms with Crippen molar-refractivity contribution in [2.24, 2.45) is 0 Å². The highest BCUT2D eigenvalue weighted by molar-refractivity contribution is 7.51. The SMILES string of the molecule is CCCCC/C=C\C/C=C\CCCCCCCNC(=O)Nc1ncnc2c1ncn2CCOCP(=O)(O)O. The van der Waals surface area contributed by atoms with Crippen LogP contribution >= 0.6 is 7.60 Å². The molecule has 0 aliphatic heterocycles. The fourth-order valence-electron chi connectivity index (χ4n) is 3.77. The van der Waals surface area contributed by atoms with Crippen LogP contribution in [0.25, 0.3) is 11.2 Å². The fourth-order valence-corrected chi connectivity index (χ4v) is 4.14. The van der Waals surface area contributed by atoms with Crippen LogP contribution in [0, 0.1) is 0 Å². The van der Waals surface area contributed by atoms with E-state index in [4.69, 9.17) is 14.5 Å². The predicted octanol–water partition coefficient (Wildman–Crippen LogP) is 5.52. The van der Waals surface area contributed by atoms with Gasteiger partial charge in [-0.2, -0.15) is 0 Å². The zero-order valence-corrected chi connectivity index (χ0v) is 23.3. The molecule has 2 aromatic rings. The third kappa shape index (κ3) is 13.8. The van der Waals surface area contributed by atoms with Crippen molar-refractivity contribution in [3.05, 3.63) is 37.0 Å². The number of nitrogens with zero attached hydrogens (tertiary/aromatic N) is 4. The summed E-state index contributed by atoms with van der Waals surface area (Å²) < 4.78 is 17.5. The summed E-state index contributed by atoms with van der Waals surface area (Å²) in [6.07, 6.45) is 24.0. The topological polar surface area (TPSA) is 151 Å². The second-order valence-corrected chi connectivity index (χ2v) is 10.7. The lowest BCUT2D eigenvalue weighted by Crippen LogP contribution is -2.30. The first-order valence-electron chi connectivity index (χ1n) is 13.5. The van der Waals surface area contributed by atoms with Crippen molar-refractivity contribution in [2.45, 2.75) is 84.1 Å². The minimum atomic E-state index is -4.20. The Hall–Kier alpha value is -2.59. The molecule has 0 aliphatic carbocycles. The Morgan fingerprint density at radius 1 is 1.00 bits per heavy atom. The van der Waals surface area contributed by atoms with Gasteiger partial charge in [0.1, 0.15) is 12.7 Å². The van der Waals surface area contributed by atoms with Gasteiger partial charge in [0.2, 0.25) is 0 Å². The lowest BCUT2D eigenvalue weighted by molar-refractivity contribution is 0.149. The Balaban J connectivity index is 1.56. The van der Waals surface area contributed by atoms with E-state index in [1.165, 1.54) is 51.2 Å². The molecule has 212 valence electrons. The van der Waals surface area contributed by atoms with E-state index in [0.29, 0.717) is 30.1 Å². The summed E-state index contributed by atoms with van der Waals surface area (Å²) in [4.78, 5) is 42.5. The number of unbranched alkanes of at least 4 members (excludes halogenated alkanes) is 8. The van der Waals surface area contributed by atoms with Crippen molar-refractivity contribution >= 4 is 30.6 Å². The first kappa shape index (κ1) is 31.6. The zero-order valence-electron chi connectivity index (χ0n) is 22.4. The number of hydrogen-bond acceptors (Lipinski definition) is 6. The Morgan fingerprint density at radius 2 is 1.71 bits per heavy atom. The summed E-state index contributed by atoms with van der Waals surface area (Å²) in [5.74, 6) is 0.294. The first-order valence-corrected chi connectivity index (χ1v) is 15.3. The molecular formula is C26H43N6O5P. The number of nitrogens with one attached hydrogen (secondary N) is 2. The van der Waals surface area contributed by atoms with Gasteiger partial charge in [0.05, 0.1) is 12.9 Å². The predicted molar refractivity (Wildman–Crippen MR) is 150 cm³/mol. The minimum Gasteiger partial charge on any atom is -0.367 e. The molecule has 38 heavy (non-hydrogen) atoms. The number of carbonyl (C=O) groups is 1. The van der Waals surface area contributed by atoms with Gasteiger partial charge < -0.3 is 24.4 Å². The van der Waals surface area contributed by atoms with Crippen molar-refractivity contribution in [2.75, 3.05) is 24.8 Å². The lowest BCUT2D eigenvalue weighted by atomic mass is 10.1. The second kappa shape index (κ2) is 18.6. The number of fused-ring (bicyclic) bond motifs is 1. The van der Waals surface area contributed by atoms with Gasteiger partial charge in [-0.15, -0.1) is 0 Å². The van der Waals surface area contributed by atoms with Gasteiger partial charge in [0.15, 0.2) is 17.0 Å². The Morgan fingerprint density at radius 3 is 2.45 bits per heavy atom. The number of rotatable bonds is 20.